The quantitative estimate of drug-likeness (QED) is 0.299. The zero-order chi connectivity index (χ0) is 24.9. The summed E-state index contributed by atoms with van der Waals surface area (Å²) in [5.41, 5.74) is 3.23. The number of hydrogen-bond donors (Lipinski definition) is 0. The normalized spacial score (nSPS) is 53.6. The lowest BCUT2D eigenvalue weighted by Crippen LogP contribution is -2.66. The molecule has 0 heterocycles. The molecule has 2 heteroatoms. The van der Waals surface area contributed by atoms with Gasteiger partial charge in [0.15, 0.2) is 0 Å². The van der Waals surface area contributed by atoms with Crippen LogP contribution in [0.1, 0.15) is 120 Å². The van der Waals surface area contributed by atoms with Crippen molar-refractivity contribution < 1.29 is 9.53 Å². The summed E-state index contributed by atoms with van der Waals surface area (Å²) < 4.78 is 5.91. The number of carbonyl (C=O) groups excluding carboxylic acids is 1. The number of hydrogen-bond acceptors (Lipinski definition) is 2. The smallest absolute Gasteiger partial charge is 0.302 e. The molecule has 0 spiro atoms. The number of fused-ring (bicyclic) bond motifs is 7. The van der Waals surface area contributed by atoms with Crippen LogP contribution in [0.15, 0.2) is 12.2 Å². The third kappa shape index (κ3) is 3.08. The zero-order valence-electron chi connectivity index (χ0n) is 23.6. The first-order valence-corrected chi connectivity index (χ1v) is 14.5. The predicted molar refractivity (Wildman–Crippen MR) is 140 cm³/mol. The molecule has 0 aromatic rings. The van der Waals surface area contributed by atoms with Gasteiger partial charge in [-0.2, -0.15) is 0 Å². The highest BCUT2D eigenvalue weighted by Gasteiger charge is 2.70. The number of allylic oxidation sites excluding steroid dienone is 1. The zero-order valence-corrected chi connectivity index (χ0v) is 23.6. The lowest BCUT2D eigenvalue weighted by Gasteiger charge is -2.73. The van der Waals surface area contributed by atoms with Crippen LogP contribution in [-0.2, 0) is 9.53 Å². The first kappa shape index (κ1) is 24.9. The summed E-state index contributed by atoms with van der Waals surface area (Å²) >= 11 is 0. The van der Waals surface area contributed by atoms with Gasteiger partial charge in [-0.3, -0.25) is 4.79 Å². The van der Waals surface area contributed by atoms with E-state index in [0.29, 0.717) is 27.6 Å². The molecule has 2 nitrogen and oxygen atoms in total. The van der Waals surface area contributed by atoms with Crippen molar-refractivity contribution in [1.82, 2.24) is 0 Å². The van der Waals surface area contributed by atoms with E-state index < -0.39 is 0 Å². The van der Waals surface area contributed by atoms with Gasteiger partial charge in [0.05, 0.1) is 0 Å². The molecule has 5 unspecified atom stereocenters. The molecule has 5 aliphatic carbocycles. The van der Waals surface area contributed by atoms with Crippen LogP contribution < -0.4 is 0 Å². The maximum atomic E-state index is 11.9. The van der Waals surface area contributed by atoms with Crippen LogP contribution >= 0.6 is 0 Å². The van der Waals surface area contributed by atoms with E-state index in [1.807, 2.05) is 0 Å². The minimum atomic E-state index is -0.107. The Balaban J connectivity index is 1.50. The Morgan fingerprint density at radius 3 is 2.12 bits per heavy atom. The van der Waals surface area contributed by atoms with Gasteiger partial charge in [0.2, 0.25) is 0 Å². The minimum Gasteiger partial charge on any atom is -0.462 e. The summed E-state index contributed by atoms with van der Waals surface area (Å²) in [5, 5.41) is 0. The molecule has 0 amide bonds. The fourth-order valence-electron chi connectivity index (χ4n) is 11.9. The topological polar surface area (TPSA) is 26.3 Å². The molecule has 0 bridgehead atoms. The molecule has 0 N–H and O–H groups in total. The number of carbonyl (C=O) groups is 1. The molecule has 0 aliphatic heterocycles. The summed E-state index contributed by atoms with van der Waals surface area (Å²) in [5.74, 6) is 3.74. The third-order valence-electron chi connectivity index (χ3n) is 13.7. The molecular weight excluding hydrogens is 416 g/mol. The predicted octanol–water partition coefficient (Wildman–Crippen LogP) is 8.60. The Hall–Kier alpha value is -0.790. The molecule has 10 atom stereocenters. The highest BCUT2D eigenvalue weighted by molar-refractivity contribution is 5.66. The van der Waals surface area contributed by atoms with Crippen molar-refractivity contribution in [2.75, 3.05) is 0 Å². The van der Waals surface area contributed by atoms with Crippen LogP contribution in [0, 0.1) is 56.7 Å². The summed E-state index contributed by atoms with van der Waals surface area (Å²) in [6.07, 6.45) is 13.4. The molecule has 5 fully saturated rings. The van der Waals surface area contributed by atoms with Gasteiger partial charge >= 0.3 is 5.97 Å². The van der Waals surface area contributed by atoms with Crippen LogP contribution in [0.4, 0.5) is 0 Å². The second-order valence-electron chi connectivity index (χ2n) is 15.3. The number of rotatable bonds is 2. The fourth-order valence-corrected chi connectivity index (χ4v) is 11.9. The fraction of sp³-hybridized carbons (Fsp3) is 0.906. The molecule has 0 aromatic heterocycles. The van der Waals surface area contributed by atoms with Crippen LogP contribution in [-0.4, -0.2) is 12.1 Å². The molecule has 0 aromatic carbocycles. The van der Waals surface area contributed by atoms with Crippen LogP contribution in [0.2, 0.25) is 0 Å². The van der Waals surface area contributed by atoms with Crippen molar-refractivity contribution in [2.24, 2.45) is 56.7 Å². The Labute approximate surface area is 210 Å². The lowest BCUT2D eigenvalue weighted by atomic mass is 9.32. The van der Waals surface area contributed by atoms with E-state index in [4.69, 9.17) is 4.74 Å². The van der Waals surface area contributed by atoms with Crippen molar-refractivity contribution in [3.63, 3.8) is 0 Å². The van der Waals surface area contributed by atoms with Crippen molar-refractivity contribution in [1.29, 1.82) is 0 Å². The van der Waals surface area contributed by atoms with Gasteiger partial charge in [-0.05, 0) is 122 Å². The van der Waals surface area contributed by atoms with Gasteiger partial charge in [0.25, 0.3) is 0 Å². The third-order valence-corrected chi connectivity index (χ3v) is 13.7. The standard InChI is InChI=1S/C32H52O2/c1-20(2)22-12-15-29(6)18-19-31(8)23(27(22)29)10-11-25-30(7)16-14-26(34-21(3)33)28(4,5)24(30)13-17-32(25,31)9/h22-27H,1,10-19H2,2-9H3/t22?,23-,24?,25?,26+,27?,29-,30+,31?,32-/m1/s1. The summed E-state index contributed by atoms with van der Waals surface area (Å²) in [6.45, 7) is 23.9. The first-order chi connectivity index (χ1) is 15.7. The molecule has 0 radical (unpaired) electrons. The first-order valence-electron chi connectivity index (χ1n) is 14.5. The van der Waals surface area contributed by atoms with Crippen molar-refractivity contribution >= 4 is 5.97 Å². The molecule has 5 saturated carbocycles. The minimum absolute atomic E-state index is 0.0550. The van der Waals surface area contributed by atoms with Crippen LogP contribution in [0.25, 0.3) is 0 Å². The van der Waals surface area contributed by atoms with Gasteiger partial charge in [-0.15, -0.1) is 0 Å². The van der Waals surface area contributed by atoms with Crippen molar-refractivity contribution in [3.05, 3.63) is 12.2 Å². The largest absolute Gasteiger partial charge is 0.462 e. The van der Waals surface area contributed by atoms with E-state index in [0.717, 1.165) is 30.1 Å². The van der Waals surface area contributed by atoms with Gasteiger partial charge in [0, 0.05) is 12.3 Å². The van der Waals surface area contributed by atoms with Gasteiger partial charge in [-0.25, -0.2) is 0 Å². The molecule has 192 valence electrons. The van der Waals surface area contributed by atoms with Crippen molar-refractivity contribution in [2.45, 2.75) is 126 Å². The van der Waals surface area contributed by atoms with Gasteiger partial charge in [-0.1, -0.05) is 53.7 Å². The highest BCUT2D eigenvalue weighted by Crippen LogP contribution is 2.77. The second-order valence-corrected chi connectivity index (χ2v) is 15.3. The van der Waals surface area contributed by atoms with Gasteiger partial charge < -0.3 is 4.74 Å². The summed E-state index contributed by atoms with van der Waals surface area (Å²) in [7, 11) is 0. The Kier molecular flexibility index (Phi) is 5.57. The van der Waals surface area contributed by atoms with E-state index in [2.05, 4.69) is 55.0 Å². The second kappa shape index (κ2) is 7.61. The summed E-state index contributed by atoms with van der Waals surface area (Å²) in [4.78, 5) is 11.9. The summed E-state index contributed by atoms with van der Waals surface area (Å²) in [6, 6.07) is 0. The van der Waals surface area contributed by atoms with E-state index in [1.165, 1.54) is 63.4 Å². The van der Waals surface area contributed by atoms with Crippen LogP contribution in [0.3, 0.4) is 0 Å². The average Bonchev–Trinajstić information content (AvgIpc) is 3.08. The Bertz CT molecular complexity index is 872. The van der Waals surface area contributed by atoms with Crippen molar-refractivity contribution in [3.8, 4) is 0 Å². The van der Waals surface area contributed by atoms with E-state index in [-0.39, 0.29) is 17.5 Å². The van der Waals surface area contributed by atoms with Gasteiger partial charge in [0.1, 0.15) is 6.10 Å². The van der Waals surface area contributed by atoms with E-state index in [9.17, 15) is 4.79 Å². The monoisotopic (exact) mass is 468 g/mol. The maximum Gasteiger partial charge on any atom is 0.302 e. The van der Waals surface area contributed by atoms with E-state index in [1.54, 1.807) is 6.92 Å². The number of ether oxygens (including phenoxy) is 1. The number of esters is 1. The SMILES string of the molecule is C=C(C)C1CC[C@]2(C)CCC3(C)[C@H](CCC4[C@@]5(C)CC[C@H](OC(C)=O)C(C)(C)C5CC[C@]43C)C12. The molecule has 5 rings (SSSR count). The maximum absolute atomic E-state index is 11.9. The molecule has 0 saturated heterocycles. The average molecular weight is 469 g/mol. The lowest BCUT2D eigenvalue weighted by molar-refractivity contribution is -0.248. The molecular formula is C32H52O2. The van der Waals surface area contributed by atoms with Crippen LogP contribution in [0.5, 0.6) is 0 Å². The Morgan fingerprint density at radius 1 is 0.765 bits per heavy atom. The Morgan fingerprint density at radius 2 is 1.47 bits per heavy atom. The molecule has 5 aliphatic rings. The van der Waals surface area contributed by atoms with E-state index >= 15 is 0 Å². The molecule has 34 heavy (non-hydrogen) atoms. The highest BCUT2D eigenvalue weighted by atomic mass is 16.5.